The number of carboxylic acid groups (broad SMARTS) is 1. The summed E-state index contributed by atoms with van der Waals surface area (Å²) < 4.78 is 0. The summed E-state index contributed by atoms with van der Waals surface area (Å²) >= 11 is 0. The lowest BCUT2D eigenvalue weighted by Crippen LogP contribution is -2.38. The van der Waals surface area contributed by atoms with E-state index in [1.165, 1.54) is 0 Å². The second kappa shape index (κ2) is 5.97. The molecule has 0 aromatic rings. The highest BCUT2D eigenvalue weighted by atomic mass is 16.4. The molecule has 6 heteroatoms. The smallest absolute Gasteiger partial charge is 0.303 e. The predicted molar refractivity (Wildman–Crippen MR) is 61.6 cm³/mol. The molecule has 0 bridgehead atoms. The molecule has 0 radical (unpaired) electrons. The van der Waals surface area contributed by atoms with Gasteiger partial charge >= 0.3 is 5.97 Å². The van der Waals surface area contributed by atoms with Gasteiger partial charge in [0.25, 0.3) is 0 Å². The molecule has 1 aliphatic rings. The molecule has 0 spiro atoms. The number of carboxylic acids is 1. The fourth-order valence-electron chi connectivity index (χ4n) is 1.90. The molecule has 1 amide bonds. The maximum Gasteiger partial charge on any atom is 0.303 e. The molecule has 0 aromatic carbocycles. The normalized spacial score (nSPS) is 24.8. The minimum absolute atomic E-state index is 0.0682. The highest BCUT2D eigenvalue weighted by Crippen LogP contribution is 2.19. The number of carbonyl (C=O) groups is 2. The van der Waals surface area contributed by atoms with Crippen molar-refractivity contribution in [1.29, 1.82) is 0 Å². The van der Waals surface area contributed by atoms with Crippen LogP contribution >= 0.6 is 0 Å². The van der Waals surface area contributed by atoms with Crippen molar-refractivity contribution < 1.29 is 19.8 Å². The first-order chi connectivity index (χ1) is 7.89. The maximum atomic E-state index is 11.5. The van der Waals surface area contributed by atoms with Gasteiger partial charge < -0.3 is 15.5 Å². The van der Waals surface area contributed by atoms with Crippen molar-refractivity contribution in [3.05, 3.63) is 0 Å². The molecule has 1 rings (SSSR count). The number of likely N-dealkylation sites (tertiary alicyclic amines) is 1. The van der Waals surface area contributed by atoms with Gasteiger partial charge in [-0.1, -0.05) is 0 Å². The van der Waals surface area contributed by atoms with Crippen molar-refractivity contribution in [2.45, 2.75) is 31.8 Å². The van der Waals surface area contributed by atoms with Gasteiger partial charge in [-0.2, -0.15) is 0 Å². The molecular weight excluding hydrogens is 224 g/mol. The summed E-state index contributed by atoms with van der Waals surface area (Å²) in [6, 6.07) is 0. The van der Waals surface area contributed by atoms with E-state index in [0.29, 0.717) is 25.9 Å². The lowest BCUT2D eigenvalue weighted by molar-refractivity contribution is -0.137. The number of hydrogen-bond donors (Lipinski definition) is 3. The Balaban J connectivity index is 2.11. The van der Waals surface area contributed by atoms with Crippen LogP contribution in [0.4, 0.5) is 0 Å². The third kappa shape index (κ3) is 5.65. The Hall–Kier alpha value is -1.14. The zero-order valence-corrected chi connectivity index (χ0v) is 10.1. The van der Waals surface area contributed by atoms with Crippen molar-refractivity contribution in [3.8, 4) is 0 Å². The van der Waals surface area contributed by atoms with E-state index in [0.717, 1.165) is 6.54 Å². The number of hydrogen-bond acceptors (Lipinski definition) is 4. The molecule has 1 saturated heterocycles. The van der Waals surface area contributed by atoms with Crippen LogP contribution in [0.5, 0.6) is 0 Å². The van der Waals surface area contributed by atoms with Crippen molar-refractivity contribution in [3.63, 3.8) is 0 Å². The second-order valence-corrected chi connectivity index (χ2v) is 4.80. The quantitative estimate of drug-likeness (QED) is 0.544. The Kier molecular flexibility index (Phi) is 4.89. The van der Waals surface area contributed by atoms with Gasteiger partial charge in [0.1, 0.15) is 0 Å². The number of nitrogens with one attached hydrogen (secondary N) is 1. The fourth-order valence-corrected chi connectivity index (χ4v) is 1.90. The van der Waals surface area contributed by atoms with E-state index in [1.54, 1.807) is 6.92 Å². The van der Waals surface area contributed by atoms with E-state index in [1.807, 2.05) is 4.90 Å². The van der Waals surface area contributed by atoms with Gasteiger partial charge in [-0.15, -0.1) is 0 Å². The van der Waals surface area contributed by atoms with Crippen molar-refractivity contribution in [2.24, 2.45) is 0 Å². The first kappa shape index (κ1) is 13.9. The lowest BCUT2D eigenvalue weighted by atomic mass is 10.1. The topological polar surface area (TPSA) is 89.9 Å². The summed E-state index contributed by atoms with van der Waals surface area (Å²) in [5.41, 5.74) is -0.691. The highest BCUT2D eigenvalue weighted by Gasteiger charge is 2.31. The zero-order valence-electron chi connectivity index (χ0n) is 10.1. The molecule has 1 unspecified atom stereocenters. The molecule has 1 fully saturated rings. The number of aliphatic hydroxyl groups is 1. The lowest BCUT2D eigenvalue weighted by Gasteiger charge is -2.18. The summed E-state index contributed by atoms with van der Waals surface area (Å²) in [7, 11) is 0. The van der Waals surface area contributed by atoms with Crippen molar-refractivity contribution >= 4 is 11.9 Å². The molecule has 1 heterocycles. The number of amides is 1. The highest BCUT2D eigenvalue weighted by molar-refractivity contribution is 5.78. The summed E-state index contributed by atoms with van der Waals surface area (Å²) in [4.78, 5) is 23.6. The average Bonchev–Trinajstić information content (AvgIpc) is 2.52. The van der Waals surface area contributed by atoms with E-state index in [-0.39, 0.29) is 18.9 Å². The van der Waals surface area contributed by atoms with E-state index in [4.69, 9.17) is 5.11 Å². The van der Waals surface area contributed by atoms with Crippen LogP contribution in [-0.4, -0.2) is 58.8 Å². The zero-order chi connectivity index (χ0) is 12.9. The SMILES string of the molecule is CC1(O)CCN(CC(=O)NCCCC(=O)O)C1. The third-order valence-electron chi connectivity index (χ3n) is 2.79. The minimum atomic E-state index is -0.852. The molecule has 1 aliphatic heterocycles. The number of nitrogens with zero attached hydrogens (tertiary/aromatic N) is 1. The van der Waals surface area contributed by atoms with Crippen LogP contribution in [0.15, 0.2) is 0 Å². The molecule has 0 saturated carbocycles. The van der Waals surface area contributed by atoms with E-state index < -0.39 is 11.6 Å². The van der Waals surface area contributed by atoms with Crippen LogP contribution in [0.25, 0.3) is 0 Å². The Labute approximate surface area is 101 Å². The number of rotatable bonds is 6. The van der Waals surface area contributed by atoms with Crippen LogP contribution in [-0.2, 0) is 9.59 Å². The van der Waals surface area contributed by atoms with Crippen molar-refractivity contribution in [1.82, 2.24) is 10.2 Å². The van der Waals surface area contributed by atoms with E-state index in [9.17, 15) is 14.7 Å². The van der Waals surface area contributed by atoms with Gasteiger partial charge in [0.15, 0.2) is 0 Å². The number of β-amino-alcohol motifs (C(OH)–C–C–N with tert-alkyl or cyclic N) is 1. The van der Waals surface area contributed by atoms with Gasteiger partial charge in [-0.05, 0) is 19.8 Å². The van der Waals surface area contributed by atoms with Gasteiger partial charge in [-0.25, -0.2) is 0 Å². The van der Waals surface area contributed by atoms with E-state index in [2.05, 4.69) is 5.32 Å². The van der Waals surface area contributed by atoms with Crippen LogP contribution in [0.3, 0.4) is 0 Å². The van der Waals surface area contributed by atoms with Gasteiger partial charge in [0, 0.05) is 26.1 Å². The van der Waals surface area contributed by atoms with Crippen LogP contribution in [0.2, 0.25) is 0 Å². The monoisotopic (exact) mass is 244 g/mol. The minimum Gasteiger partial charge on any atom is -0.481 e. The van der Waals surface area contributed by atoms with Gasteiger partial charge in [0.05, 0.1) is 12.1 Å². The maximum absolute atomic E-state index is 11.5. The van der Waals surface area contributed by atoms with Crippen LogP contribution in [0.1, 0.15) is 26.2 Å². The molecule has 6 nitrogen and oxygen atoms in total. The molecule has 0 aromatic heterocycles. The summed E-state index contributed by atoms with van der Waals surface area (Å²) in [5, 5.41) is 20.8. The summed E-state index contributed by atoms with van der Waals surface area (Å²) in [6.45, 7) is 3.64. The molecule has 17 heavy (non-hydrogen) atoms. The third-order valence-corrected chi connectivity index (χ3v) is 2.79. The standard InChI is InChI=1S/C11H20N2O4/c1-11(17)4-6-13(8-11)7-9(14)12-5-2-3-10(15)16/h17H,2-8H2,1H3,(H,12,14)(H,15,16). The van der Waals surface area contributed by atoms with Gasteiger partial charge in [0.2, 0.25) is 5.91 Å². The second-order valence-electron chi connectivity index (χ2n) is 4.80. The fraction of sp³-hybridized carbons (Fsp3) is 0.818. The Bertz CT molecular complexity index is 291. The van der Waals surface area contributed by atoms with Crippen LogP contribution in [0, 0.1) is 0 Å². The van der Waals surface area contributed by atoms with Crippen molar-refractivity contribution in [2.75, 3.05) is 26.2 Å². The average molecular weight is 244 g/mol. The Morgan fingerprint density at radius 2 is 2.18 bits per heavy atom. The summed E-state index contributed by atoms with van der Waals surface area (Å²) in [5.74, 6) is -0.970. The molecule has 0 aliphatic carbocycles. The summed E-state index contributed by atoms with van der Waals surface area (Å²) in [6.07, 6.45) is 1.19. The first-order valence-corrected chi connectivity index (χ1v) is 5.82. The molecule has 3 N–H and O–H groups in total. The molecular formula is C11H20N2O4. The number of carbonyl (C=O) groups excluding carboxylic acids is 1. The predicted octanol–water partition coefficient (Wildman–Crippen LogP) is -0.576. The van der Waals surface area contributed by atoms with Gasteiger partial charge in [-0.3, -0.25) is 14.5 Å². The van der Waals surface area contributed by atoms with E-state index >= 15 is 0 Å². The molecule has 98 valence electrons. The Morgan fingerprint density at radius 1 is 1.47 bits per heavy atom. The molecule has 1 atom stereocenters. The largest absolute Gasteiger partial charge is 0.481 e. The first-order valence-electron chi connectivity index (χ1n) is 5.82. The van der Waals surface area contributed by atoms with Crippen LogP contribution < -0.4 is 5.32 Å². The Morgan fingerprint density at radius 3 is 2.71 bits per heavy atom. The number of aliphatic carboxylic acids is 1.